The van der Waals surface area contributed by atoms with Crippen LogP contribution in [-0.2, 0) is 7.05 Å². The Hall–Kier alpha value is -1.03. The van der Waals surface area contributed by atoms with Crippen LogP contribution in [-0.4, -0.2) is 28.6 Å². The van der Waals surface area contributed by atoms with Crippen LogP contribution in [0.4, 0.5) is 0 Å². The van der Waals surface area contributed by atoms with Crippen molar-refractivity contribution in [1.29, 1.82) is 0 Å². The van der Waals surface area contributed by atoms with E-state index in [9.17, 15) is 4.79 Å². The maximum Gasteiger partial charge on any atom is 0.211 e. The van der Waals surface area contributed by atoms with Gasteiger partial charge in [-0.2, -0.15) is 5.10 Å². The molecule has 1 rings (SSSR count). The SMILES string of the molecule is COc1cc(C(=O)CCl)nn1C. The largest absolute Gasteiger partial charge is 0.481 e. The van der Waals surface area contributed by atoms with E-state index in [4.69, 9.17) is 16.3 Å². The molecule has 0 aliphatic heterocycles. The van der Waals surface area contributed by atoms with Gasteiger partial charge in [0.1, 0.15) is 5.69 Å². The Labute approximate surface area is 75.1 Å². The molecule has 0 aliphatic carbocycles. The molecular weight excluding hydrogens is 180 g/mol. The highest BCUT2D eigenvalue weighted by Gasteiger charge is 2.11. The van der Waals surface area contributed by atoms with E-state index in [-0.39, 0.29) is 11.7 Å². The van der Waals surface area contributed by atoms with Crippen LogP contribution < -0.4 is 4.74 Å². The van der Waals surface area contributed by atoms with Crippen molar-refractivity contribution in [3.63, 3.8) is 0 Å². The van der Waals surface area contributed by atoms with E-state index in [1.165, 1.54) is 11.8 Å². The molecule has 0 radical (unpaired) electrons. The monoisotopic (exact) mass is 188 g/mol. The minimum atomic E-state index is -0.199. The van der Waals surface area contributed by atoms with Crippen LogP contribution in [0.1, 0.15) is 10.5 Å². The van der Waals surface area contributed by atoms with Gasteiger partial charge < -0.3 is 4.74 Å². The third kappa shape index (κ3) is 1.58. The standard InChI is InChI=1S/C7H9ClN2O2/c1-10-7(12-2)3-5(9-10)6(11)4-8/h3H,4H2,1-2H3. The highest BCUT2D eigenvalue weighted by atomic mass is 35.5. The normalized spacial score (nSPS) is 9.92. The molecule has 1 heterocycles. The molecule has 0 unspecified atom stereocenters. The van der Waals surface area contributed by atoms with E-state index in [1.54, 1.807) is 13.1 Å². The number of Topliss-reactive ketones (excluding diaryl/α,β-unsaturated/α-hetero) is 1. The van der Waals surface area contributed by atoms with E-state index in [0.717, 1.165) is 0 Å². The number of hydrogen-bond donors (Lipinski definition) is 0. The number of ketones is 1. The number of rotatable bonds is 3. The van der Waals surface area contributed by atoms with Crippen molar-refractivity contribution in [3.05, 3.63) is 11.8 Å². The number of ether oxygens (including phenoxy) is 1. The van der Waals surface area contributed by atoms with E-state index in [2.05, 4.69) is 5.10 Å². The molecule has 4 nitrogen and oxygen atoms in total. The summed E-state index contributed by atoms with van der Waals surface area (Å²) >= 11 is 5.35. The Balaban J connectivity index is 2.96. The molecule has 0 bridgehead atoms. The number of methoxy groups -OCH3 is 1. The Kier molecular flexibility index (Phi) is 2.70. The summed E-state index contributed by atoms with van der Waals surface area (Å²) in [6.45, 7) is 0. The van der Waals surface area contributed by atoms with Crippen molar-refractivity contribution in [2.75, 3.05) is 13.0 Å². The van der Waals surface area contributed by atoms with E-state index in [0.29, 0.717) is 11.6 Å². The lowest BCUT2D eigenvalue weighted by Gasteiger charge is -1.95. The number of hydrogen-bond acceptors (Lipinski definition) is 3. The number of carbonyl (C=O) groups is 1. The van der Waals surface area contributed by atoms with Crippen LogP contribution >= 0.6 is 11.6 Å². The van der Waals surface area contributed by atoms with Gasteiger partial charge in [0.25, 0.3) is 0 Å². The summed E-state index contributed by atoms with van der Waals surface area (Å²) in [5.41, 5.74) is 0.337. The fourth-order valence-electron chi connectivity index (χ4n) is 0.846. The molecule has 1 aromatic rings. The first kappa shape index (κ1) is 9.06. The average Bonchev–Trinajstić information content (AvgIpc) is 2.45. The zero-order chi connectivity index (χ0) is 9.14. The molecule has 0 aliphatic rings. The van der Waals surface area contributed by atoms with Crippen LogP contribution in [0.2, 0.25) is 0 Å². The predicted molar refractivity (Wildman–Crippen MR) is 44.8 cm³/mol. The van der Waals surface area contributed by atoms with E-state index >= 15 is 0 Å². The third-order valence-corrected chi connectivity index (χ3v) is 1.70. The molecule has 1 aromatic heterocycles. The smallest absolute Gasteiger partial charge is 0.211 e. The number of halogens is 1. The van der Waals surface area contributed by atoms with Gasteiger partial charge in [-0.3, -0.25) is 4.79 Å². The van der Waals surface area contributed by atoms with Crippen LogP contribution in [0.15, 0.2) is 6.07 Å². The molecule has 0 saturated heterocycles. The number of aryl methyl sites for hydroxylation is 1. The van der Waals surface area contributed by atoms with Crippen molar-refractivity contribution in [1.82, 2.24) is 9.78 Å². The van der Waals surface area contributed by atoms with Gasteiger partial charge in [-0.25, -0.2) is 4.68 Å². The maximum absolute atomic E-state index is 11.0. The summed E-state index contributed by atoms with van der Waals surface area (Å²) in [5.74, 6) is 0.291. The number of carbonyl (C=O) groups excluding carboxylic acids is 1. The molecule has 0 amide bonds. The molecule has 0 N–H and O–H groups in total. The fraction of sp³-hybridized carbons (Fsp3) is 0.429. The molecular formula is C7H9ClN2O2. The van der Waals surface area contributed by atoms with E-state index in [1.807, 2.05) is 0 Å². The lowest BCUT2D eigenvalue weighted by Crippen LogP contribution is -2.02. The first-order valence-electron chi connectivity index (χ1n) is 3.36. The Bertz CT molecular complexity index is 296. The molecule has 0 fully saturated rings. The minimum Gasteiger partial charge on any atom is -0.481 e. The Morgan fingerprint density at radius 2 is 2.50 bits per heavy atom. The van der Waals surface area contributed by atoms with Crippen molar-refractivity contribution < 1.29 is 9.53 Å². The van der Waals surface area contributed by atoms with Gasteiger partial charge in [-0.15, -0.1) is 11.6 Å². The van der Waals surface area contributed by atoms with Crippen molar-refractivity contribution in [3.8, 4) is 5.88 Å². The van der Waals surface area contributed by atoms with Gasteiger partial charge in [0.15, 0.2) is 5.78 Å². The summed E-state index contributed by atoms with van der Waals surface area (Å²) in [5, 5.41) is 3.91. The van der Waals surface area contributed by atoms with Crippen molar-refractivity contribution >= 4 is 17.4 Å². The summed E-state index contributed by atoms with van der Waals surface area (Å²) in [7, 11) is 3.22. The first-order valence-corrected chi connectivity index (χ1v) is 3.89. The number of aromatic nitrogens is 2. The molecule has 0 atom stereocenters. The molecule has 0 spiro atoms. The minimum absolute atomic E-state index is 0.0554. The van der Waals surface area contributed by atoms with Gasteiger partial charge >= 0.3 is 0 Å². The van der Waals surface area contributed by atoms with Crippen molar-refractivity contribution in [2.24, 2.45) is 7.05 Å². The van der Waals surface area contributed by atoms with Crippen LogP contribution in [0.3, 0.4) is 0 Å². The van der Waals surface area contributed by atoms with Crippen LogP contribution in [0.5, 0.6) is 5.88 Å². The second-order valence-corrected chi connectivity index (χ2v) is 2.52. The van der Waals surface area contributed by atoms with Gasteiger partial charge in [0, 0.05) is 13.1 Å². The van der Waals surface area contributed by atoms with Crippen LogP contribution in [0, 0.1) is 0 Å². The quantitative estimate of drug-likeness (QED) is 0.522. The fourth-order valence-corrected chi connectivity index (χ4v) is 0.983. The lowest BCUT2D eigenvalue weighted by molar-refractivity contribution is 0.101. The summed E-state index contributed by atoms with van der Waals surface area (Å²) in [6, 6.07) is 1.56. The molecule has 66 valence electrons. The second kappa shape index (κ2) is 3.58. The predicted octanol–water partition coefficient (Wildman–Crippen LogP) is 0.850. The molecule has 0 aromatic carbocycles. The van der Waals surface area contributed by atoms with E-state index < -0.39 is 0 Å². The number of alkyl halides is 1. The third-order valence-electron chi connectivity index (χ3n) is 1.45. The zero-order valence-corrected chi connectivity index (χ0v) is 7.63. The first-order chi connectivity index (χ1) is 5.69. The molecule has 0 saturated carbocycles. The van der Waals surface area contributed by atoms with Gasteiger partial charge in [-0.1, -0.05) is 0 Å². The van der Waals surface area contributed by atoms with Gasteiger partial charge in [0.05, 0.1) is 13.0 Å². The topological polar surface area (TPSA) is 44.1 Å². The molecule has 5 heteroatoms. The number of nitrogens with zero attached hydrogens (tertiary/aromatic N) is 2. The summed E-state index contributed by atoms with van der Waals surface area (Å²) < 4.78 is 6.41. The molecule has 12 heavy (non-hydrogen) atoms. The van der Waals surface area contributed by atoms with Crippen molar-refractivity contribution in [2.45, 2.75) is 0 Å². The maximum atomic E-state index is 11.0. The highest BCUT2D eigenvalue weighted by molar-refractivity contribution is 6.30. The van der Waals surface area contributed by atoms with Gasteiger partial charge in [-0.05, 0) is 0 Å². The Morgan fingerprint density at radius 1 is 1.83 bits per heavy atom. The zero-order valence-electron chi connectivity index (χ0n) is 6.87. The summed E-state index contributed by atoms with van der Waals surface area (Å²) in [4.78, 5) is 11.0. The Morgan fingerprint density at radius 3 is 2.92 bits per heavy atom. The van der Waals surface area contributed by atoms with Crippen LogP contribution in [0.25, 0.3) is 0 Å². The van der Waals surface area contributed by atoms with Gasteiger partial charge in [0.2, 0.25) is 5.88 Å². The highest BCUT2D eigenvalue weighted by Crippen LogP contribution is 2.11. The lowest BCUT2D eigenvalue weighted by atomic mass is 10.3. The second-order valence-electron chi connectivity index (χ2n) is 2.25. The average molecular weight is 189 g/mol. The summed E-state index contributed by atoms with van der Waals surface area (Å²) in [6.07, 6.45) is 0.